The van der Waals surface area contributed by atoms with Crippen LogP contribution in [0, 0.1) is 13.8 Å². The number of aliphatic imine (C=N–C) groups is 1. The fourth-order valence-electron chi connectivity index (χ4n) is 2.82. The molecule has 2 aromatic rings. The first-order chi connectivity index (χ1) is 12.1. The van der Waals surface area contributed by atoms with Crippen molar-refractivity contribution in [1.29, 1.82) is 0 Å². The molecule has 0 amide bonds. The number of nitrogens with zero attached hydrogens (tertiary/aromatic N) is 3. The molecule has 2 N–H and O–H groups in total. The second-order valence-electron chi connectivity index (χ2n) is 6.57. The van der Waals surface area contributed by atoms with Crippen LogP contribution in [0.3, 0.4) is 0 Å². The first-order valence-corrected chi connectivity index (χ1v) is 9.09. The van der Waals surface area contributed by atoms with E-state index in [9.17, 15) is 0 Å². The van der Waals surface area contributed by atoms with Gasteiger partial charge in [-0.05, 0) is 38.2 Å². The van der Waals surface area contributed by atoms with Gasteiger partial charge in [0, 0.05) is 39.1 Å². The largest absolute Gasteiger partial charge is 0.356 e. The summed E-state index contributed by atoms with van der Waals surface area (Å²) >= 11 is 0. The number of benzene rings is 1. The predicted molar refractivity (Wildman–Crippen MR) is 105 cm³/mol. The highest BCUT2D eigenvalue weighted by molar-refractivity contribution is 5.79. The van der Waals surface area contributed by atoms with Crippen molar-refractivity contribution in [2.75, 3.05) is 20.1 Å². The van der Waals surface area contributed by atoms with Crippen LogP contribution in [-0.4, -0.2) is 35.6 Å². The average molecular weight is 342 g/mol. The maximum atomic E-state index is 4.31. The van der Waals surface area contributed by atoms with Gasteiger partial charge in [-0.2, -0.15) is 0 Å². The van der Waals surface area contributed by atoms with E-state index >= 15 is 0 Å². The molecule has 1 heterocycles. The smallest absolute Gasteiger partial charge is 0.190 e. The molecule has 0 fully saturated rings. The van der Waals surface area contributed by atoms with Gasteiger partial charge in [0.1, 0.15) is 5.82 Å². The van der Waals surface area contributed by atoms with Gasteiger partial charge in [-0.1, -0.05) is 36.8 Å². The van der Waals surface area contributed by atoms with Crippen molar-refractivity contribution in [3.63, 3.8) is 0 Å². The first-order valence-electron chi connectivity index (χ1n) is 9.09. The number of aromatic nitrogens is 2. The predicted octanol–water partition coefficient (Wildman–Crippen LogP) is 3.25. The van der Waals surface area contributed by atoms with E-state index in [1.54, 1.807) is 0 Å². The van der Waals surface area contributed by atoms with Crippen LogP contribution in [0.15, 0.2) is 41.7 Å². The summed E-state index contributed by atoms with van der Waals surface area (Å²) in [5.41, 5.74) is 2.67. The number of guanidine groups is 1. The second-order valence-corrected chi connectivity index (χ2v) is 6.57. The third-order valence-corrected chi connectivity index (χ3v) is 4.45. The lowest BCUT2D eigenvalue weighted by Crippen LogP contribution is -2.39. The van der Waals surface area contributed by atoms with Gasteiger partial charge in [0.25, 0.3) is 0 Å². The molecule has 0 aliphatic rings. The zero-order valence-corrected chi connectivity index (χ0v) is 15.9. The fraction of sp³-hybridized carbons (Fsp3) is 0.500. The number of imidazole rings is 1. The summed E-state index contributed by atoms with van der Waals surface area (Å²) in [7, 11) is 1.82. The Kier molecular flexibility index (Phi) is 7.51. The van der Waals surface area contributed by atoms with Crippen LogP contribution in [0.5, 0.6) is 0 Å². The lowest BCUT2D eigenvalue weighted by Gasteiger charge is -2.17. The van der Waals surface area contributed by atoms with E-state index in [0.717, 1.165) is 44.3 Å². The first kappa shape index (κ1) is 19.0. The van der Waals surface area contributed by atoms with Crippen LogP contribution < -0.4 is 10.6 Å². The Morgan fingerprint density at radius 2 is 2.08 bits per heavy atom. The van der Waals surface area contributed by atoms with Crippen molar-refractivity contribution in [1.82, 2.24) is 20.2 Å². The third-order valence-electron chi connectivity index (χ3n) is 4.45. The minimum atomic E-state index is 0.447. The van der Waals surface area contributed by atoms with E-state index < -0.39 is 0 Å². The molecule has 0 radical (unpaired) electrons. The van der Waals surface area contributed by atoms with Crippen LogP contribution in [0.25, 0.3) is 0 Å². The molecule has 1 aromatic carbocycles. The molecule has 0 aliphatic carbocycles. The highest BCUT2D eigenvalue weighted by Gasteiger charge is 2.06. The Morgan fingerprint density at radius 1 is 1.24 bits per heavy atom. The van der Waals surface area contributed by atoms with Gasteiger partial charge in [-0.15, -0.1) is 0 Å². The number of nitrogens with one attached hydrogen (secondary N) is 2. The van der Waals surface area contributed by atoms with Crippen LogP contribution in [0.2, 0.25) is 0 Å². The normalized spacial score (nSPS) is 12.9. The van der Waals surface area contributed by atoms with Crippen LogP contribution in [0.1, 0.15) is 42.6 Å². The summed E-state index contributed by atoms with van der Waals surface area (Å²) in [4.78, 5) is 8.56. The van der Waals surface area contributed by atoms with Gasteiger partial charge in [0.2, 0.25) is 0 Å². The molecule has 136 valence electrons. The van der Waals surface area contributed by atoms with Crippen molar-refractivity contribution < 1.29 is 0 Å². The van der Waals surface area contributed by atoms with Crippen molar-refractivity contribution in [2.45, 2.75) is 46.1 Å². The van der Waals surface area contributed by atoms with Crippen molar-refractivity contribution >= 4 is 5.96 Å². The molecule has 0 bridgehead atoms. The zero-order chi connectivity index (χ0) is 18.1. The van der Waals surface area contributed by atoms with Crippen molar-refractivity contribution in [3.8, 4) is 0 Å². The van der Waals surface area contributed by atoms with Crippen molar-refractivity contribution in [3.05, 3.63) is 53.6 Å². The molecule has 1 aromatic heterocycles. The summed E-state index contributed by atoms with van der Waals surface area (Å²) in [5, 5.41) is 6.82. The molecule has 5 heteroatoms. The summed E-state index contributed by atoms with van der Waals surface area (Å²) in [5.74, 6) is 2.40. The fourth-order valence-corrected chi connectivity index (χ4v) is 2.82. The quantitative estimate of drug-likeness (QED) is 0.440. The number of aryl methyl sites for hydroxylation is 3. The minimum absolute atomic E-state index is 0.447. The van der Waals surface area contributed by atoms with Gasteiger partial charge < -0.3 is 15.2 Å². The lowest BCUT2D eigenvalue weighted by molar-refractivity contribution is 0.587. The lowest BCUT2D eigenvalue weighted by atomic mass is 9.99. The zero-order valence-electron chi connectivity index (χ0n) is 15.9. The average Bonchev–Trinajstić information content (AvgIpc) is 3.02. The number of rotatable bonds is 8. The molecule has 5 nitrogen and oxygen atoms in total. The van der Waals surface area contributed by atoms with Gasteiger partial charge in [0.15, 0.2) is 5.96 Å². The number of hydrogen-bond donors (Lipinski definition) is 2. The van der Waals surface area contributed by atoms with Crippen molar-refractivity contribution in [2.24, 2.45) is 4.99 Å². The van der Waals surface area contributed by atoms with E-state index in [1.165, 1.54) is 11.1 Å². The number of unbranched alkanes of at least 4 members (excludes halogenated alkanes) is 1. The summed E-state index contributed by atoms with van der Waals surface area (Å²) in [6.07, 6.45) is 6.12. The summed E-state index contributed by atoms with van der Waals surface area (Å²) in [6, 6.07) is 8.69. The molecule has 0 saturated carbocycles. The maximum absolute atomic E-state index is 4.31. The maximum Gasteiger partial charge on any atom is 0.190 e. The Labute approximate surface area is 151 Å². The minimum Gasteiger partial charge on any atom is -0.356 e. The Balaban J connectivity index is 1.66. The molecule has 0 saturated heterocycles. The van der Waals surface area contributed by atoms with Gasteiger partial charge in [-0.3, -0.25) is 4.99 Å². The van der Waals surface area contributed by atoms with Crippen LogP contribution >= 0.6 is 0 Å². The van der Waals surface area contributed by atoms with E-state index in [-0.39, 0.29) is 0 Å². The standard InChI is InChI=1S/C20H31N5/c1-16-8-7-9-19(14-16)17(2)15-24-20(21-4)23-10-5-6-12-25-13-11-22-18(25)3/h7-9,11,13-14,17H,5-6,10,12,15H2,1-4H3,(H2,21,23,24). The van der Waals surface area contributed by atoms with Gasteiger partial charge in [-0.25, -0.2) is 4.98 Å². The Hall–Kier alpha value is -2.30. The van der Waals surface area contributed by atoms with Crippen LogP contribution in [-0.2, 0) is 6.54 Å². The SMILES string of the molecule is CN=C(NCCCCn1ccnc1C)NCC(C)c1cccc(C)c1. The molecule has 0 aliphatic heterocycles. The van der Waals surface area contributed by atoms with Crippen LogP contribution in [0.4, 0.5) is 0 Å². The van der Waals surface area contributed by atoms with E-state index in [4.69, 9.17) is 0 Å². The van der Waals surface area contributed by atoms with E-state index in [0.29, 0.717) is 5.92 Å². The van der Waals surface area contributed by atoms with E-state index in [1.807, 2.05) is 26.4 Å². The number of hydrogen-bond acceptors (Lipinski definition) is 2. The molecule has 0 spiro atoms. The molecule has 25 heavy (non-hydrogen) atoms. The highest BCUT2D eigenvalue weighted by atomic mass is 15.2. The molecule has 2 rings (SSSR count). The summed E-state index contributed by atoms with van der Waals surface area (Å²) in [6.45, 7) is 9.23. The Morgan fingerprint density at radius 3 is 2.76 bits per heavy atom. The summed E-state index contributed by atoms with van der Waals surface area (Å²) < 4.78 is 2.19. The van der Waals surface area contributed by atoms with Gasteiger partial charge >= 0.3 is 0 Å². The molecular formula is C20H31N5. The van der Waals surface area contributed by atoms with Gasteiger partial charge in [0.05, 0.1) is 0 Å². The third kappa shape index (κ3) is 6.25. The Bertz CT molecular complexity index is 674. The van der Waals surface area contributed by atoms with E-state index in [2.05, 4.69) is 63.3 Å². The molecule has 1 atom stereocenters. The highest BCUT2D eigenvalue weighted by Crippen LogP contribution is 2.15. The topological polar surface area (TPSA) is 54.2 Å². The molecular weight excluding hydrogens is 310 g/mol. The molecule has 1 unspecified atom stereocenters. The monoisotopic (exact) mass is 341 g/mol. The second kappa shape index (κ2) is 9.87.